The molecule has 0 aromatic heterocycles. The first-order valence-corrected chi connectivity index (χ1v) is 9.35. The molecule has 0 bridgehead atoms. The third-order valence-electron chi connectivity index (χ3n) is 3.50. The smallest absolute Gasteiger partial charge is 0.303 e. The van der Waals surface area contributed by atoms with Crippen molar-refractivity contribution in [1.82, 2.24) is 0 Å². The Kier molecular flexibility index (Phi) is 17.1. The molecule has 0 rings (SSSR count). The molecule has 0 aromatic carbocycles. The molecule has 0 aliphatic heterocycles. The third kappa shape index (κ3) is 20.1. The van der Waals surface area contributed by atoms with E-state index in [-0.39, 0.29) is 6.42 Å². The van der Waals surface area contributed by atoms with Crippen LogP contribution in [0, 0.1) is 0 Å². The summed E-state index contributed by atoms with van der Waals surface area (Å²) in [6, 6.07) is 0. The van der Waals surface area contributed by atoms with Crippen LogP contribution >= 0.6 is 0 Å². The quantitative estimate of drug-likeness (QED) is 0.226. The van der Waals surface area contributed by atoms with E-state index >= 15 is 0 Å². The van der Waals surface area contributed by atoms with E-state index in [9.17, 15) is 9.90 Å². The van der Waals surface area contributed by atoms with Gasteiger partial charge in [0, 0.05) is 6.42 Å². The molecule has 140 valence electrons. The fourth-order valence-electron chi connectivity index (χ4n) is 2.11. The van der Waals surface area contributed by atoms with Gasteiger partial charge >= 0.3 is 5.97 Å². The first-order chi connectivity index (χ1) is 12.2. The number of allylic oxidation sites excluding steroid dienone is 8. The molecule has 0 aliphatic rings. The fourth-order valence-corrected chi connectivity index (χ4v) is 2.11. The van der Waals surface area contributed by atoms with Gasteiger partial charge in [0.25, 0.3) is 0 Å². The predicted molar refractivity (Wildman–Crippen MR) is 107 cm³/mol. The van der Waals surface area contributed by atoms with Crippen molar-refractivity contribution in [2.75, 3.05) is 0 Å². The lowest BCUT2D eigenvalue weighted by Gasteiger charge is -1.98. The topological polar surface area (TPSA) is 57.5 Å². The third-order valence-corrected chi connectivity index (χ3v) is 3.50. The summed E-state index contributed by atoms with van der Waals surface area (Å²) in [5.41, 5.74) is 0. The summed E-state index contributed by atoms with van der Waals surface area (Å²) >= 11 is 0. The van der Waals surface area contributed by atoms with Gasteiger partial charge in [-0.3, -0.25) is 4.79 Å². The van der Waals surface area contributed by atoms with E-state index in [1.54, 1.807) is 6.08 Å². The van der Waals surface area contributed by atoms with E-state index in [1.165, 1.54) is 0 Å². The van der Waals surface area contributed by atoms with Gasteiger partial charge in [-0.1, -0.05) is 74.1 Å². The summed E-state index contributed by atoms with van der Waals surface area (Å²) in [6.07, 6.45) is 27.4. The molecule has 1 unspecified atom stereocenters. The largest absolute Gasteiger partial charge is 0.481 e. The Bertz CT molecular complexity index is 456. The number of rotatable bonds is 15. The number of hydrogen-bond acceptors (Lipinski definition) is 2. The molecule has 0 saturated heterocycles. The van der Waals surface area contributed by atoms with E-state index in [4.69, 9.17) is 5.11 Å². The molecular weight excluding hydrogens is 312 g/mol. The van der Waals surface area contributed by atoms with E-state index in [0.29, 0.717) is 6.42 Å². The maximum Gasteiger partial charge on any atom is 0.303 e. The van der Waals surface area contributed by atoms with Crippen molar-refractivity contribution in [2.45, 2.75) is 70.8 Å². The lowest BCUT2D eigenvalue weighted by molar-refractivity contribution is -0.137. The molecule has 3 nitrogen and oxygen atoms in total. The molecule has 0 heterocycles. The van der Waals surface area contributed by atoms with Crippen LogP contribution in [0.15, 0.2) is 60.8 Å². The highest BCUT2D eigenvalue weighted by Crippen LogP contribution is 2.04. The van der Waals surface area contributed by atoms with Gasteiger partial charge in [-0.2, -0.15) is 0 Å². The molecule has 3 heteroatoms. The predicted octanol–water partition coefficient (Wildman–Crippen LogP) is 5.74. The van der Waals surface area contributed by atoms with Crippen LogP contribution in [-0.4, -0.2) is 22.3 Å². The van der Waals surface area contributed by atoms with Gasteiger partial charge in [-0.15, -0.1) is 0 Å². The summed E-state index contributed by atoms with van der Waals surface area (Å²) in [6.45, 7) is 2.12. The SMILES string of the molecule is CC/C=C\C/C=C\C=C\C(O)C/C=C\C/C=C\CCCCCC(=O)O. The second kappa shape index (κ2) is 18.5. The zero-order chi connectivity index (χ0) is 18.6. The summed E-state index contributed by atoms with van der Waals surface area (Å²) in [5.74, 6) is -0.710. The molecule has 0 spiro atoms. The molecule has 0 aromatic rings. The second-order valence-electron chi connectivity index (χ2n) is 5.90. The van der Waals surface area contributed by atoms with Crippen molar-refractivity contribution in [3.8, 4) is 0 Å². The lowest BCUT2D eigenvalue weighted by atomic mass is 10.1. The summed E-state index contributed by atoms with van der Waals surface area (Å²) < 4.78 is 0. The van der Waals surface area contributed by atoms with Crippen LogP contribution in [-0.2, 0) is 4.79 Å². The number of carboxylic acid groups (broad SMARTS) is 1. The van der Waals surface area contributed by atoms with Crippen molar-refractivity contribution >= 4 is 5.97 Å². The van der Waals surface area contributed by atoms with Gasteiger partial charge in [-0.25, -0.2) is 0 Å². The van der Waals surface area contributed by atoms with Crippen LogP contribution in [0.25, 0.3) is 0 Å². The molecular formula is C22H34O3. The van der Waals surface area contributed by atoms with Crippen molar-refractivity contribution in [3.63, 3.8) is 0 Å². The summed E-state index contributed by atoms with van der Waals surface area (Å²) in [5, 5.41) is 18.3. The molecule has 2 N–H and O–H groups in total. The lowest BCUT2D eigenvalue weighted by Crippen LogP contribution is -1.98. The van der Waals surface area contributed by atoms with Gasteiger partial charge in [-0.05, 0) is 44.9 Å². The van der Waals surface area contributed by atoms with Crippen LogP contribution in [0.2, 0.25) is 0 Å². The van der Waals surface area contributed by atoms with Crippen LogP contribution in [0.5, 0.6) is 0 Å². The molecule has 0 fully saturated rings. The molecule has 0 radical (unpaired) electrons. The zero-order valence-electron chi connectivity index (χ0n) is 15.5. The van der Waals surface area contributed by atoms with Crippen LogP contribution < -0.4 is 0 Å². The van der Waals surface area contributed by atoms with Gasteiger partial charge < -0.3 is 10.2 Å². The number of carbonyl (C=O) groups is 1. The highest BCUT2D eigenvalue weighted by atomic mass is 16.4. The minimum Gasteiger partial charge on any atom is -0.481 e. The minimum absolute atomic E-state index is 0.273. The summed E-state index contributed by atoms with van der Waals surface area (Å²) in [7, 11) is 0. The van der Waals surface area contributed by atoms with E-state index in [2.05, 4.69) is 43.4 Å². The van der Waals surface area contributed by atoms with Crippen molar-refractivity contribution in [1.29, 1.82) is 0 Å². The van der Waals surface area contributed by atoms with Crippen molar-refractivity contribution in [3.05, 3.63) is 60.8 Å². The van der Waals surface area contributed by atoms with Gasteiger partial charge in [0.15, 0.2) is 0 Å². The number of unbranched alkanes of at least 4 members (excludes halogenated alkanes) is 3. The maximum absolute atomic E-state index is 10.4. The molecule has 1 atom stereocenters. The van der Waals surface area contributed by atoms with Crippen molar-refractivity contribution < 1.29 is 15.0 Å². The first-order valence-electron chi connectivity index (χ1n) is 9.35. The average Bonchev–Trinajstić information content (AvgIpc) is 2.58. The highest BCUT2D eigenvalue weighted by molar-refractivity contribution is 5.66. The molecule has 0 amide bonds. The van der Waals surface area contributed by atoms with Crippen LogP contribution in [0.4, 0.5) is 0 Å². The average molecular weight is 347 g/mol. The standard InChI is InChI=1S/C22H34O3/c1-2-3-4-5-9-12-15-18-21(23)19-16-13-10-7-6-8-11-14-17-20-22(24)25/h3-4,6-7,9,12-13,15-16,18,21,23H,2,5,8,10-11,14,17,19-20H2,1H3,(H,24,25)/b4-3-,7-6-,12-9-,16-13-,18-15+. The first kappa shape index (κ1) is 23.1. The monoisotopic (exact) mass is 346 g/mol. The maximum atomic E-state index is 10.4. The number of aliphatic carboxylic acids is 1. The molecule has 25 heavy (non-hydrogen) atoms. The molecule has 0 aliphatic carbocycles. The number of hydrogen-bond donors (Lipinski definition) is 2. The second-order valence-corrected chi connectivity index (χ2v) is 5.90. The Labute approximate surface area is 153 Å². The Hall–Kier alpha value is -1.87. The van der Waals surface area contributed by atoms with Crippen molar-refractivity contribution in [2.24, 2.45) is 0 Å². The van der Waals surface area contributed by atoms with E-state index < -0.39 is 12.1 Å². The minimum atomic E-state index is -0.710. The van der Waals surface area contributed by atoms with Crippen LogP contribution in [0.1, 0.15) is 64.7 Å². The Morgan fingerprint density at radius 3 is 2.36 bits per heavy atom. The number of carboxylic acids is 1. The van der Waals surface area contributed by atoms with E-state index in [1.807, 2.05) is 18.2 Å². The Morgan fingerprint density at radius 2 is 1.60 bits per heavy atom. The Morgan fingerprint density at radius 1 is 0.880 bits per heavy atom. The van der Waals surface area contributed by atoms with E-state index in [0.717, 1.165) is 44.9 Å². The number of aliphatic hydroxyl groups excluding tert-OH is 1. The fraction of sp³-hybridized carbons (Fsp3) is 0.500. The summed E-state index contributed by atoms with van der Waals surface area (Å²) in [4.78, 5) is 10.4. The molecule has 0 saturated carbocycles. The number of aliphatic hydroxyl groups is 1. The van der Waals surface area contributed by atoms with Crippen LogP contribution in [0.3, 0.4) is 0 Å². The van der Waals surface area contributed by atoms with Gasteiger partial charge in [0.1, 0.15) is 0 Å². The van der Waals surface area contributed by atoms with Gasteiger partial charge in [0.2, 0.25) is 0 Å². The van der Waals surface area contributed by atoms with Gasteiger partial charge in [0.05, 0.1) is 6.10 Å². The highest BCUT2D eigenvalue weighted by Gasteiger charge is 1.95. The Balaban J connectivity index is 3.61. The zero-order valence-corrected chi connectivity index (χ0v) is 15.5. The normalized spacial score (nSPS) is 14.0.